The van der Waals surface area contributed by atoms with E-state index in [0.29, 0.717) is 10.6 Å². The number of hydrogen-bond acceptors (Lipinski definition) is 4. The highest BCUT2D eigenvalue weighted by Crippen LogP contribution is 2.64. The van der Waals surface area contributed by atoms with E-state index in [2.05, 4.69) is 0 Å². The zero-order chi connectivity index (χ0) is 19.1. The van der Waals surface area contributed by atoms with Crippen LogP contribution in [0.1, 0.15) is 17.0 Å². The Morgan fingerprint density at radius 1 is 1.15 bits per heavy atom. The molecule has 2 aromatic rings. The molecule has 1 N–H and O–H groups in total. The second-order valence-corrected chi connectivity index (χ2v) is 9.09. The molecule has 0 bridgehead atoms. The van der Waals surface area contributed by atoms with Crippen LogP contribution in [0.2, 0.25) is 5.02 Å². The number of ether oxygens (including phenoxy) is 1. The summed E-state index contributed by atoms with van der Waals surface area (Å²) in [5.41, 5.74) is 0.0247. The Morgan fingerprint density at radius 2 is 1.73 bits per heavy atom. The highest BCUT2D eigenvalue weighted by atomic mass is 35.5. The summed E-state index contributed by atoms with van der Waals surface area (Å²) in [4.78, 5) is 12.2. The first-order valence-corrected chi connectivity index (χ1v) is 9.96. The molecule has 0 saturated heterocycles. The van der Waals surface area contributed by atoms with Gasteiger partial charge < -0.3 is 9.84 Å². The lowest BCUT2D eigenvalue weighted by Gasteiger charge is -2.12. The molecule has 0 aromatic heterocycles. The summed E-state index contributed by atoms with van der Waals surface area (Å²) in [7, 11) is -2.49. The zero-order valence-corrected chi connectivity index (χ0v) is 15.9. The molecule has 1 aliphatic rings. The Balaban J connectivity index is 2.11. The van der Waals surface area contributed by atoms with Gasteiger partial charge in [0.05, 0.1) is 16.8 Å². The van der Waals surface area contributed by atoms with Crippen LogP contribution in [0.3, 0.4) is 0 Å². The van der Waals surface area contributed by atoms with Crippen LogP contribution >= 0.6 is 11.6 Å². The molecule has 0 heterocycles. The number of sulfone groups is 1. The van der Waals surface area contributed by atoms with E-state index < -0.39 is 32.4 Å². The second kappa shape index (κ2) is 6.68. The maximum Gasteiger partial charge on any atom is 0.314 e. The van der Waals surface area contributed by atoms with Crippen LogP contribution in [-0.4, -0.2) is 38.5 Å². The number of carboxylic acids is 1. The summed E-state index contributed by atoms with van der Waals surface area (Å²) in [6.07, 6.45) is 0. The minimum absolute atomic E-state index is 0.117. The Kier molecular flexibility index (Phi) is 4.86. The van der Waals surface area contributed by atoms with Crippen LogP contribution in [0.15, 0.2) is 53.4 Å². The maximum atomic E-state index is 13.2. The van der Waals surface area contributed by atoms with Crippen LogP contribution < -0.4 is 0 Å². The number of methoxy groups -OCH3 is 1. The average Bonchev–Trinajstić information content (AvgIpc) is 3.27. The molecule has 0 radical (unpaired) electrons. The van der Waals surface area contributed by atoms with Gasteiger partial charge in [-0.1, -0.05) is 41.4 Å². The largest absolute Gasteiger partial charge is 0.481 e. The lowest BCUT2D eigenvalue weighted by molar-refractivity contribution is -0.145. The third-order valence-electron chi connectivity index (χ3n) is 4.95. The molecule has 3 unspecified atom stereocenters. The Bertz CT molecular complexity index is 921. The van der Waals surface area contributed by atoms with Gasteiger partial charge in [-0.05, 0) is 36.8 Å². The van der Waals surface area contributed by atoms with Crippen molar-refractivity contribution in [2.45, 2.75) is 23.0 Å². The topological polar surface area (TPSA) is 80.7 Å². The van der Waals surface area contributed by atoms with Crippen molar-refractivity contribution in [3.63, 3.8) is 0 Å². The third-order valence-corrected chi connectivity index (χ3v) is 7.49. The molecule has 7 heteroatoms. The van der Waals surface area contributed by atoms with E-state index in [9.17, 15) is 18.3 Å². The number of aliphatic carboxylic acids is 1. The third kappa shape index (κ3) is 2.92. The molecule has 0 spiro atoms. The van der Waals surface area contributed by atoms with E-state index in [1.165, 1.54) is 19.2 Å². The molecular formula is C19H19ClO5S. The van der Waals surface area contributed by atoms with E-state index in [1.54, 1.807) is 36.4 Å². The number of benzene rings is 2. The maximum absolute atomic E-state index is 13.2. The fraction of sp³-hybridized carbons (Fsp3) is 0.316. The molecular weight excluding hydrogens is 376 g/mol. The summed E-state index contributed by atoms with van der Waals surface area (Å²) >= 11 is 5.91. The van der Waals surface area contributed by atoms with Crippen molar-refractivity contribution in [2.24, 2.45) is 5.41 Å². The van der Waals surface area contributed by atoms with Gasteiger partial charge in [-0.25, -0.2) is 8.42 Å². The summed E-state index contributed by atoms with van der Waals surface area (Å²) in [5.74, 6) is -1.89. The minimum atomic E-state index is -3.86. The monoisotopic (exact) mass is 394 g/mol. The van der Waals surface area contributed by atoms with Crippen LogP contribution in [-0.2, 0) is 19.4 Å². The highest BCUT2D eigenvalue weighted by molar-refractivity contribution is 7.92. The van der Waals surface area contributed by atoms with Crippen molar-refractivity contribution in [3.05, 3.63) is 64.7 Å². The van der Waals surface area contributed by atoms with Crippen molar-refractivity contribution in [2.75, 3.05) is 13.7 Å². The van der Waals surface area contributed by atoms with Gasteiger partial charge in [-0.3, -0.25) is 4.79 Å². The molecule has 1 fully saturated rings. The number of carboxylic acid groups (broad SMARTS) is 1. The van der Waals surface area contributed by atoms with E-state index >= 15 is 0 Å². The van der Waals surface area contributed by atoms with Gasteiger partial charge in [0, 0.05) is 18.1 Å². The number of carbonyl (C=O) groups is 1. The van der Waals surface area contributed by atoms with Gasteiger partial charge >= 0.3 is 5.97 Å². The smallest absolute Gasteiger partial charge is 0.314 e. The highest BCUT2D eigenvalue weighted by Gasteiger charge is 2.76. The van der Waals surface area contributed by atoms with Crippen molar-refractivity contribution in [3.8, 4) is 0 Å². The summed E-state index contributed by atoms with van der Waals surface area (Å²) < 4.78 is 31.5. The fourth-order valence-electron chi connectivity index (χ4n) is 3.60. The molecule has 0 aliphatic heterocycles. The lowest BCUT2D eigenvalue weighted by atomic mass is 10.0. The van der Waals surface area contributed by atoms with E-state index in [4.69, 9.17) is 16.3 Å². The molecule has 5 nitrogen and oxygen atoms in total. The van der Waals surface area contributed by atoms with Gasteiger partial charge in [-0.15, -0.1) is 0 Å². The van der Waals surface area contributed by atoms with Crippen LogP contribution in [0, 0.1) is 12.3 Å². The lowest BCUT2D eigenvalue weighted by Crippen LogP contribution is -2.28. The van der Waals surface area contributed by atoms with Gasteiger partial charge in [-0.2, -0.15) is 0 Å². The average molecular weight is 395 g/mol. The quantitative estimate of drug-likeness (QED) is 0.812. The van der Waals surface area contributed by atoms with Gasteiger partial charge in [0.2, 0.25) is 0 Å². The van der Waals surface area contributed by atoms with Gasteiger partial charge in [0.15, 0.2) is 9.84 Å². The van der Waals surface area contributed by atoms with Crippen LogP contribution in [0.5, 0.6) is 0 Å². The van der Waals surface area contributed by atoms with E-state index in [1.807, 2.05) is 6.92 Å². The predicted molar refractivity (Wildman–Crippen MR) is 98.3 cm³/mol. The molecule has 1 aliphatic carbocycles. The Hall–Kier alpha value is -1.89. The normalized spacial score (nSPS) is 25.0. The number of hydrogen-bond donors (Lipinski definition) is 1. The Morgan fingerprint density at radius 3 is 2.23 bits per heavy atom. The van der Waals surface area contributed by atoms with Gasteiger partial charge in [0.1, 0.15) is 5.41 Å². The molecule has 1 saturated carbocycles. The SMILES string of the molecule is COCC1(C(=O)O)C(c2ccc(Cl)cc2)C1S(=O)(=O)c1ccc(C)cc1. The van der Waals surface area contributed by atoms with Crippen molar-refractivity contribution >= 4 is 27.4 Å². The molecule has 26 heavy (non-hydrogen) atoms. The van der Waals surface area contributed by atoms with Crippen molar-refractivity contribution in [1.82, 2.24) is 0 Å². The molecule has 0 amide bonds. The Labute approximate surface area is 157 Å². The molecule has 3 atom stereocenters. The summed E-state index contributed by atoms with van der Waals surface area (Å²) in [6, 6.07) is 13.0. The summed E-state index contributed by atoms with van der Waals surface area (Å²) in [6.45, 7) is 1.67. The first kappa shape index (κ1) is 18.9. The van der Waals surface area contributed by atoms with Crippen molar-refractivity contribution in [1.29, 1.82) is 0 Å². The van der Waals surface area contributed by atoms with Crippen LogP contribution in [0.25, 0.3) is 0 Å². The van der Waals surface area contributed by atoms with E-state index in [-0.39, 0.29) is 11.5 Å². The predicted octanol–water partition coefficient (Wildman–Crippen LogP) is 3.31. The molecule has 2 aromatic carbocycles. The zero-order valence-electron chi connectivity index (χ0n) is 14.3. The number of halogens is 1. The summed E-state index contributed by atoms with van der Waals surface area (Å²) in [5, 5.41) is 9.27. The minimum Gasteiger partial charge on any atom is -0.481 e. The van der Waals surface area contributed by atoms with E-state index in [0.717, 1.165) is 5.56 Å². The van der Waals surface area contributed by atoms with Crippen molar-refractivity contribution < 1.29 is 23.1 Å². The number of aryl methyl sites for hydroxylation is 1. The molecule has 3 rings (SSSR count). The van der Waals surface area contributed by atoms with Crippen LogP contribution in [0.4, 0.5) is 0 Å². The first-order chi connectivity index (χ1) is 12.2. The number of rotatable bonds is 6. The second-order valence-electron chi connectivity index (χ2n) is 6.59. The first-order valence-electron chi connectivity index (χ1n) is 8.03. The molecule has 138 valence electrons. The fourth-order valence-corrected chi connectivity index (χ4v) is 6.09. The standard InChI is InChI=1S/C19H19ClO5S/c1-12-3-9-15(10-4-12)26(23,24)17-16(13-5-7-14(20)8-6-13)19(17,11-25-2)18(21)22/h3-10,16-17H,11H2,1-2H3,(H,21,22). The van der Waals surface area contributed by atoms with Gasteiger partial charge in [0.25, 0.3) is 0 Å².